The van der Waals surface area contributed by atoms with Crippen LogP contribution >= 0.6 is 11.6 Å². The molecule has 2 rings (SSSR count). The summed E-state index contributed by atoms with van der Waals surface area (Å²) in [6, 6.07) is 4.71. The van der Waals surface area contributed by atoms with Crippen molar-refractivity contribution in [3.8, 4) is 5.75 Å². The average molecular weight is 418 g/mol. The fourth-order valence-electron chi connectivity index (χ4n) is 2.98. The van der Waals surface area contributed by atoms with Crippen molar-refractivity contribution in [3.05, 3.63) is 28.8 Å². The topological polar surface area (TPSA) is 72.9 Å². The number of amides is 1. The zero-order valence-electron chi connectivity index (χ0n) is 16.3. The van der Waals surface area contributed by atoms with Crippen molar-refractivity contribution in [2.24, 2.45) is 5.41 Å². The molecule has 1 amide bonds. The third-order valence-electron chi connectivity index (χ3n) is 4.11. The lowest BCUT2D eigenvalue weighted by atomic mass is 9.91. The van der Waals surface area contributed by atoms with Crippen molar-refractivity contribution in [2.45, 2.75) is 52.7 Å². The molecule has 0 N–H and O–H groups in total. The van der Waals surface area contributed by atoms with Crippen LogP contribution in [-0.4, -0.2) is 44.7 Å². The second kappa shape index (κ2) is 8.80. The van der Waals surface area contributed by atoms with Crippen molar-refractivity contribution < 1.29 is 22.1 Å². The molecule has 1 aliphatic heterocycles. The molecule has 1 saturated heterocycles. The zero-order valence-corrected chi connectivity index (χ0v) is 17.9. The van der Waals surface area contributed by atoms with Gasteiger partial charge in [-0.3, -0.25) is 4.79 Å². The minimum Gasteiger partial charge on any atom is -0.382 e. The Morgan fingerprint density at radius 3 is 2.63 bits per heavy atom. The quantitative estimate of drug-likeness (QED) is 0.633. The summed E-state index contributed by atoms with van der Waals surface area (Å²) in [4.78, 5) is 14.6. The van der Waals surface area contributed by atoms with Crippen LogP contribution in [0.5, 0.6) is 5.75 Å². The zero-order chi connectivity index (χ0) is 20.2. The number of carbonyl (C=O) groups excluding carboxylic acids is 1. The first-order chi connectivity index (χ1) is 12.4. The molecule has 1 heterocycles. The number of halogens is 1. The van der Waals surface area contributed by atoms with Crippen LogP contribution in [0.25, 0.3) is 0 Å². The lowest BCUT2D eigenvalue weighted by molar-refractivity contribution is -0.135. The maximum Gasteiger partial charge on any atom is 0.306 e. The molecule has 1 aliphatic rings. The standard InChI is InChI=1S/C19H28ClNO5S/c1-19(2,3)11-18(22)21(13-16-6-5-9-25-16)12-14-10-15(20)7-8-17(14)26-27(4,23)24/h7-8,10,16H,5-6,9,11-13H2,1-4H3. The van der Waals surface area contributed by atoms with Crippen LogP contribution in [0.3, 0.4) is 0 Å². The van der Waals surface area contributed by atoms with Gasteiger partial charge in [-0.1, -0.05) is 32.4 Å². The number of rotatable bonds is 7. The van der Waals surface area contributed by atoms with E-state index in [0.29, 0.717) is 30.2 Å². The van der Waals surface area contributed by atoms with E-state index in [0.717, 1.165) is 19.1 Å². The summed E-state index contributed by atoms with van der Waals surface area (Å²) >= 11 is 6.09. The first-order valence-electron chi connectivity index (χ1n) is 9.00. The highest BCUT2D eigenvalue weighted by molar-refractivity contribution is 7.86. The number of ether oxygens (including phenoxy) is 1. The minimum atomic E-state index is -3.69. The van der Waals surface area contributed by atoms with Gasteiger partial charge in [-0.05, 0) is 36.5 Å². The van der Waals surface area contributed by atoms with E-state index in [1.165, 1.54) is 6.07 Å². The van der Waals surface area contributed by atoms with Crippen LogP contribution in [0.2, 0.25) is 5.02 Å². The van der Waals surface area contributed by atoms with E-state index < -0.39 is 10.1 Å². The lowest BCUT2D eigenvalue weighted by Gasteiger charge is -2.29. The number of hydrogen-bond donors (Lipinski definition) is 0. The molecule has 1 unspecified atom stereocenters. The normalized spacial score (nSPS) is 17.7. The SMILES string of the molecule is CC(C)(C)CC(=O)N(Cc1cc(Cl)ccc1OS(C)(=O)=O)CC1CCCO1. The summed E-state index contributed by atoms with van der Waals surface area (Å²) in [7, 11) is -3.69. The molecule has 1 atom stereocenters. The van der Waals surface area contributed by atoms with Crippen LogP contribution in [0.15, 0.2) is 18.2 Å². The van der Waals surface area contributed by atoms with Gasteiger partial charge in [0.1, 0.15) is 5.75 Å². The smallest absolute Gasteiger partial charge is 0.306 e. The van der Waals surface area contributed by atoms with Crippen molar-refractivity contribution in [1.82, 2.24) is 4.90 Å². The van der Waals surface area contributed by atoms with Crippen LogP contribution in [0, 0.1) is 5.41 Å². The van der Waals surface area contributed by atoms with E-state index in [4.69, 9.17) is 20.5 Å². The molecule has 0 bridgehead atoms. The molecular formula is C19H28ClNO5S. The van der Waals surface area contributed by atoms with Crippen molar-refractivity contribution >= 4 is 27.6 Å². The highest BCUT2D eigenvalue weighted by Crippen LogP contribution is 2.28. The van der Waals surface area contributed by atoms with Crippen molar-refractivity contribution in [3.63, 3.8) is 0 Å². The maximum atomic E-state index is 12.9. The maximum absolute atomic E-state index is 12.9. The monoisotopic (exact) mass is 417 g/mol. The summed E-state index contributed by atoms with van der Waals surface area (Å²) in [6.07, 6.45) is 3.24. The fraction of sp³-hybridized carbons (Fsp3) is 0.632. The van der Waals surface area contributed by atoms with E-state index in [1.807, 2.05) is 20.8 Å². The number of nitrogens with zero attached hydrogens (tertiary/aromatic N) is 1. The largest absolute Gasteiger partial charge is 0.382 e. The molecule has 0 aromatic heterocycles. The highest BCUT2D eigenvalue weighted by Gasteiger charge is 2.27. The summed E-state index contributed by atoms with van der Waals surface area (Å²) in [5.74, 6) is 0.172. The van der Waals surface area contributed by atoms with Gasteiger partial charge in [0.05, 0.1) is 12.4 Å². The Balaban J connectivity index is 2.27. The molecule has 0 radical (unpaired) electrons. The number of benzene rings is 1. The first kappa shape index (κ1) is 22.0. The van der Waals surface area contributed by atoms with Gasteiger partial charge in [-0.15, -0.1) is 0 Å². The van der Waals surface area contributed by atoms with Crippen LogP contribution in [0.1, 0.15) is 45.6 Å². The van der Waals surface area contributed by atoms with E-state index in [2.05, 4.69) is 0 Å². The average Bonchev–Trinajstić information content (AvgIpc) is 2.99. The molecular weight excluding hydrogens is 390 g/mol. The molecule has 6 nitrogen and oxygen atoms in total. The predicted octanol–water partition coefficient (Wildman–Crippen LogP) is 3.62. The van der Waals surface area contributed by atoms with E-state index in [-0.39, 0.29) is 29.7 Å². The van der Waals surface area contributed by atoms with Gasteiger partial charge in [0.25, 0.3) is 0 Å². The second-order valence-corrected chi connectivity index (χ2v) is 10.2. The second-order valence-electron chi connectivity index (χ2n) is 8.19. The van der Waals surface area contributed by atoms with Crippen LogP contribution in [-0.2, 0) is 26.2 Å². The van der Waals surface area contributed by atoms with E-state index in [9.17, 15) is 13.2 Å². The predicted molar refractivity (Wildman–Crippen MR) is 105 cm³/mol. The molecule has 1 aromatic carbocycles. The Kier molecular flexibility index (Phi) is 7.16. The van der Waals surface area contributed by atoms with Crippen LogP contribution in [0.4, 0.5) is 0 Å². The van der Waals surface area contributed by atoms with E-state index in [1.54, 1.807) is 17.0 Å². The Morgan fingerprint density at radius 1 is 1.37 bits per heavy atom. The van der Waals surface area contributed by atoms with Gasteiger partial charge in [0.15, 0.2) is 0 Å². The van der Waals surface area contributed by atoms with Gasteiger partial charge >= 0.3 is 10.1 Å². The summed E-state index contributed by atoms with van der Waals surface area (Å²) in [5, 5.41) is 0.450. The molecule has 0 saturated carbocycles. The number of hydrogen-bond acceptors (Lipinski definition) is 5. The Labute approximate surface area is 166 Å². The Hall–Kier alpha value is -1.31. The Bertz CT molecular complexity index is 767. The van der Waals surface area contributed by atoms with E-state index >= 15 is 0 Å². The van der Waals surface area contributed by atoms with Crippen LogP contribution < -0.4 is 4.18 Å². The fourth-order valence-corrected chi connectivity index (χ4v) is 3.66. The molecule has 27 heavy (non-hydrogen) atoms. The van der Waals surface area contributed by atoms with Gasteiger partial charge in [-0.2, -0.15) is 8.42 Å². The summed E-state index contributed by atoms with van der Waals surface area (Å²) in [6.45, 7) is 7.39. The lowest BCUT2D eigenvalue weighted by Crippen LogP contribution is -2.38. The molecule has 1 aromatic rings. The molecule has 8 heteroatoms. The molecule has 1 fully saturated rings. The molecule has 0 spiro atoms. The molecule has 152 valence electrons. The first-order valence-corrected chi connectivity index (χ1v) is 11.2. The van der Waals surface area contributed by atoms with Gasteiger partial charge < -0.3 is 13.8 Å². The molecule has 0 aliphatic carbocycles. The van der Waals surface area contributed by atoms with Crippen molar-refractivity contribution in [1.29, 1.82) is 0 Å². The summed E-state index contributed by atoms with van der Waals surface area (Å²) in [5.41, 5.74) is 0.389. The third-order valence-corrected chi connectivity index (χ3v) is 4.82. The minimum absolute atomic E-state index is 0.00706. The summed E-state index contributed by atoms with van der Waals surface area (Å²) < 4.78 is 33.9. The third kappa shape index (κ3) is 7.68. The van der Waals surface area contributed by atoms with Gasteiger partial charge in [0.2, 0.25) is 5.91 Å². The number of carbonyl (C=O) groups is 1. The Morgan fingerprint density at radius 2 is 2.07 bits per heavy atom. The van der Waals surface area contributed by atoms with Gasteiger partial charge in [-0.25, -0.2) is 0 Å². The van der Waals surface area contributed by atoms with Crippen molar-refractivity contribution in [2.75, 3.05) is 19.4 Å². The van der Waals surface area contributed by atoms with Gasteiger partial charge in [0, 0.05) is 36.7 Å². The highest BCUT2D eigenvalue weighted by atomic mass is 35.5.